The largest absolute Gasteiger partial charge is 0.336 e. The molecule has 1 amide bonds. The molecule has 0 bridgehead atoms. The SMILES string of the molecule is CN(Cc1ccc(C#N)cc1)C(=O)c1n[nH]c(=O)c2ccccc12. The molecule has 118 valence electrons. The highest BCUT2D eigenvalue weighted by molar-refractivity contribution is 6.04. The standard InChI is InChI=1S/C18H14N4O2/c1-22(11-13-8-6-12(10-19)7-9-13)18(24)16-14-4-2-3-5-15(14)17(23)21-20-16/h2-9H,11H2,1H3,(H,21,23). The van der Waals surface area contributed by atoms with Gasteiger partial charge in [0, 0.05) is 19.0 Å². The Morgan fingerprint density at radius 2 is 1.83 bits per heavy atom. The number of carbonyl (C=O) groups is 1. The number of hydrogen-bond acceptors (Lipinski definition) is 4. The molecule has 0 aliphatic carbocycles. The lowest BCUT2D eigenvalue weighted by Crippen LogP contribution is -2.28. The minimum Gasteiger partial charge on any atom is -0.336 e. The van der Waals surface area contributed by atoms with E-state index in [1.54, 1.807) is 55.6 Å². The lowest BCUT2D eigenvalue weighted by atomic mass is 10.1. The number of rotatable bonds is 3. The van der Waals surface area contributed by atoms with E-state index in [0.717, 1.165) is 5.56 Å². The predicted octanol–water partition coefficient (Wildman–Crippen LogP) is 2.07. The maximum Gasteiger partial charge on any atom is 0.274 e. The Balaban J connectivity index is 1.90. The molecule has 0 unspecified atom stereocenters. The summed E-state index contributed by atoms with van der Waals surface area (Å²) >= 11 is 0. The van der Waals surface area contributed by atoms with Gasteiger partial charge in [0.15, 0.2) is 5.69 Å². The van der Waals surface area contributed by atoms with Crippen LogP contribution in [0.25, 0.3) is 10.8 Å². The van der Waals surface area contributed by atoms with E-state index < -0.39 is 0 Å². The van der Waals surface area contributed by atoms with Gasteiger partial charge >= 0.3 is 0 Å². The van der Waals surface area contributed by atoms with Gasteiger partial charge in [-0.1, -0.05) is 30.3 Å². The summed E-state index contributed by atoms with van der Waals surface area (Å²) in [6, 6.07) is 16.0. The Bertz CT molecular complexity index is 1000. The summed E-state index contributed by atoms with van der Waals surface area (Å²) in [5.41, 5.74) is 1.36. The summed E-state index contributed by atoms with van der Waals surface area (Å²) < 4.78 is 0. The average Bonchev–Trinajstić information content (AvgIpc) is 2.62. The van der Waals surface area contributed by atoms with E-state index in [4.69, 9.17) is 5.26 Å². The van der Waals surface area contributed by atoms with Gasteiger partial charge in [0.25, 0.3) is 11.5 Å². The molecule has 0 fully saturated rings. The van der Waals surface area contributed by atoms with Crippen molar-refractivity contribution >= 4 is 16.7 Å². The van der Waals surface area contributed by atoms with Gasteiger partial charge in [-0.15, -0.1) is 0 Å². The maximum atomic E-state index is 12.7. The van der Waals surface area contributed by atoms with Crippen LogP contribution in [-0.2, 0) is 6.54 Å². The number of nitriles is 1. The monoisotopic (exact) mass is 318 g/mol. The zero-order chi connectivity index (χ0) is 17.1. The van der Waals surface area contributed by atoms with Crippen molar-refractivity contribution in [3.63, 3.8) is 0 Å². The van der Waals surface area contributed by atoms with Crippen LogP contribution in [0.2, 0.25) is 0 Å². The van der Waals surface area contributed by atoms with Crippen LogP contribution in [0.1, 0.15) is 21.6 Å². The van der Waals surface area contributed by atoms with E-state index in [2.05, 4.69) is 16.3 Å². The van der Waals surface area contributed by atoms with Gasteiger partial charge in [-0.3, -0.25) is 9.59 Å². The Kier molecular flexibility index (Phi) is 4.08. The van der Waals surface area contributed by atoms with Crippen molar-refractivity contribution in [3.05, 3.63) is 75.7 Å². The average molecular weight is 318 g/mol. The summed E-state index contributed by atoms with van der Waals surface area (Å²) in [6.07, 6.45) is 0. The van der Waals surface area contributed by atoms with Gasteiger partial charge in [0.2, 0.25) is 0 Å². The molecule has 0 aliphatic rings. The van der Waals surface area contributed by atoms with Crippen LogP contribution < -0.4 is 5.56 Å². The highest BCUT2D eigenvalue weighted by Crippen LogP contribution is 2.15. The van der Waals surface area contributed by atoms with Crippen molar-refractivity contribution in [2.75, 3.05) is 7.05 Å². The zero-order valence-corrected chi connectivity index (χ0v) is 13.0. The second-order valence-corrected chi connectivity index (χ2v) is 5.42. The second kappa shape index (κ2) is 6.34. The number of H-pyrrole nitrogens is 1. The number of aromatic nitrogens is 2. The molecule has 24 heavy (non-hydrogen) atoms. The first-order valence-electron chi connectivity index (χ1n) is 7.32. The molecule has 0 radical (unpaired) electrons. The van der Waals surface area contributed by atoms with Crippen LogP contribution in [0, 0.1) is 11.3 Å². The van der Waals surface area contributed by atoms with E-state index in [1.807, 2.05) is 0 Å². The summed E-state index contributed by atoms with van der Waals surface area (Å²) in [5.74, 6) is -0.285. The zero-order valence-electron chi connectivity index (χ0n) is 13.0. The Morgan fingerprint density at radius 3 is 2.50 bits per heavy atom. The van der Waals surface area contributed by atoms with Crippen LogP contribution in [0.5, 0.6) is 0 Å². The molecule has 0 atom stereocenters. The van der Waals surface area contributed by atoms with Crippen molar-refractivity contribution in [2.24, 2.45) is 0 Å². The molecule has 0 saturated carbocycles. The molecular formula is C18H14N4O2. The predicted molar refractivity (Wildman–Crippen MR) is 89.3 cm³/mol. The van der Waals surface area contributed by atoms with Crippen molar-refractivity contribution in [3.8, 4) is 6.07 Å². The van der Waals surface area contributed by atoms with Crippen molar-refractivity contribution in [1.82, 2.24) is 15.1 Å². The Labute approximate surface area is 138 Å². The van der Waals surface area contributed by atoms with Gasteiger partial charge < -0.3 is 4.90 Å². The number of benzene rings is 2. The molecule has 0 aliphatic heterocycles. The quantitative estimate of drug-likeness (QED) is 0.800. The molecule has 2 aromatic carbocycles. The van der Waals surface area contributed by atoms with Crippen LogP contribution in [0.15, 0.2) is 53.3 Å². The third-order valence-corrected chi connectivity index (χ3v) is 3.75. The Hall–Kier alpha value is -3.46. The molecule has 6 heteroatoms. The van der Waals surface area contributed by atoms with Gasteiger partial charge in [0.1, 0.15) is 0 Å². The van der Waals surface area contributed by atoms with E-state index in [0.29, 0.717) is 22.9 Å². The van der Waals surface area contributed by atoms with Gasteiger partial charge in [0.05, 0.1) is 17.0 Å². The number of amides is 1. The third kappa shape index (κ3) is 2.88. The molecule has 6 nitrogen and oxygen atoms in total. The molecule has 1 heterocycles. The molecular weight excluding hydrogens is 304 g/mol. The number of nitrogens with one attached hydrogen (secondary N) is 1. The van der Waals surface area contributed by atoms with E-state index >= 15 is 0 Å². The fourth-order valence-electron chi connectivity index (χ4n) is 2.49. The maximum absolute atomic E-state index is 12.7. The summed E-state index contributed by atoms with van der Waals surface area (Å²) in [4.78, 5) is 26.0. The number of fused-ring (bicyclic) bond motifs is 1. The molecule has 3 rings (SSSR count). The van der Waals surface area contributed by atoms with Gasteiger partial charge in [-0.25, -0.2) is 5.10 Å². The molecule has 1 aromatic heterocycles. The number of hydrogen-bond donors (Lipinski definition) is 1. The van der Waals surface area contributed by atoms with Crippen molar-refractivity contribution < 1.29 is 4.79 Å². The van der Waals surface area contributed by atoms with Crippen LogP contribution in [0.4, 0.5) is 0 Å². The van der Waals surface area contributed by atoms with E-state index in [9.17, 15) is 9.59 Å². The minimum absolute atomic E-state index is 0.210. The van der Waals surface area contributed by atoms with Crippen LogP contribution >= 0.6 is 0 Å². The van der Waals surface area contributed by atoms with Crippen LogP contribution in [0.3, 0.4) is 0 Å². The fraction of sp³-hybridized carbons (Fsp3) is 0.111. The van der Waals surface area contributed by atoms with E-state index in [1.165, 1.54) is 4.90 Å². The first kappa shape index (κ1) is 15.4. The van der Waals surface area contributed by atoms with Gasteiger partial charge in [-0.2, -0.15) is 10.4 Å². The van der Waals surface area contributed by atoms with Crippen molar-refractivity contribution in [2.45, 2.75) is 6.54 Å². The van der Waals surface area contributed by atoms with Crippen molar-refractivity contribution in [1.29, 1.82) is 5.26 Å². The highest BCUT2D eigenvalue weighted by atomic mass is 16.2. The summed E-state index contributed by atoms with van der Waals surface area (Å²) in [5, 5.41) is 16.1. The molecule has 3 aromatic rings. The molecule has 1 N–H and O–H groups in total. The summed E-state index contributed by atoms with van der Waals surface area (Å²) in [7, 11) is 1.67. The number of aromatic amines is 1. The van der Waals surface area contributed by atoms with E-state index in [-0.39, 0.29) is 17.2 Å². The molecule has 0 saturated heterocycles. The van der Waals surface area contributed by atoms with Crippen LogP contribution in [-0.4, -0.2) is 28.1 Å². The first-order chi connectivity index (χ1) is 11.6. The fourth-order valence-corrected chi connectivity index (χ4v) is 2.49. The van der Waals surface area contributed by atoms with Gasteiger partial charge in [-0.05, 0) is 23.8 Å². The minimum atomic E-state index is -0.322. The normalized spacial score (nSPS) is 10.3. The first-order valence-corrected chi connectivity index (χ1v) is 7.32. The summed E-state index contributed by atoms with van der Waals surface area (Å²) in [6.45, 7) is 0.375. The second-order valence-electron chi connectivity index (χ2n) is 5.42. The lowest BCUT2D eigenvalue weighted by Gasteiger charge is -2.17. The Morgan fingerprint density at radius 1 is 1.17 bits per heavy atom. The molecule has 0 spiro atoms. The third-order valence-electron chi connectivity index (χ3n) is 3.75. The highest BCUT2D eigenvalue weighted by Gasteiger charge is 2.18. The lowest BCUT2D eigenvalue weighted by molar-refractivity contribution is 0.0780. The smallest absolute Gasteiger partial charge is 0.274 e. The number of nitrogens with zero attached hydrogens (tertiary/aromatic N) is 3. The topological polar surface area (TPSA) is 89.8 Å². The number of carbonyl (C=O) groups excluding carboxylic acids is 1.